The van der Waals surface area contributed by atoms with Gasteiger partial charge in [0.05, 0.1) is 11.2 Å². The van der Waals surface area contributed by atoms with Crippen LogP contribution in [0, 0.1) is 5.82 Å². The highest BCUT2D eigenvalue weighted by molar-refractivity contribution is 6.30. The maximum atomic E-state index is 15.2. The zero-order chi connectivity index (χ0) is 24.4. The summed E-state index contributed by atoms with van der Waals surface area (Å²) in [4.78, 5) is 28.4. The molecule has 1 aliphatic rings. The second-order valence-corrected chi connectivity index (χ2v) is 8.88. The third-order valence-corrected chi connectivity index (χ3v) is 6.39. The molecule has 0 radical (unpaired) electrons. The second kappa shape index (κ2) is 9.90. The van der Waals surface area contributed by atoms with E-state index in [9.17, 15) is 9.59 Å². The Morgan fingerprint density at radius 2 is 1.80 bits per heavy atom. The molecule has 3 aromatic carbocycles. The van der Waals surface area contributed by atoms with Crippen LogP contribution in [0.25, 0.3) is 16.6 Å². The van der Waals surface area contributed by atoms with Crippen LogP contribution in [0.1, 0.15) is 15.9 Å². The zero-order valence-electron chi connectivity index (χ0n) is 18.9. The lowest BCUT2D eigenvalue weighted by molar-refractivity contribution is 0.0949. The number of fused-ring (bicyclic) bond motifs is 1. The zero-order valence-corrected chi connectivity index (χ0v) is 19.7. The summed E-state index contributed by atoms with van der Waals surface area (Å²) < 4.78 is 17.0. The van der Waals surface area contributed by atoms with Gasteiger partial charge < -0.3 is 20.1 Å². The number of amides is 1. The number of rotatable bonds is 5. The van der Waals surface area contributed by atoms with Crippen molar-refractivity contribution >= 4 is 34.1 Å². The van der Waals surface area contributed by atoms with E-state index in [0.717, 1.165) is 24.3 Å². The smallest absolute Gasteiger partial charge is 0.257 e. The van der Waals surface area contributed by atoms with E-state index in [1.165, 1.54) is 12.3 Å². The Balaban J connectivity index is 1.60. The lowest BCUT2D eigenvalue weighted by Crippen LogP contribution is -2.43. The van der Waals surface area contributed by atoms with Crippen molar-refractivity contribution < 1.29 is 9.18 Å². The van der Waals surface area contributed by atoms with Crippen LogP contribution in [0.2, 0.25) is 5.02 Å². The summed E-state index contributed by atoms with van der Waals surface area (Å²) in [6, 6.07) is 19.5. The summed E-state index contributed by atoms with van der Waals surface area (Å²) in [5.74, 6) is -1.01. The Kier molecular flexibility index (Phi) is 6.53. The van der Waals surface area contributed by atoms with E-state index in [4.69, 9.17) is 11.6 Å². The van der Waals surface area contributed by atoms with Crippen molar-refractivity contribution in [1.82, 2.24) is 15.2 Å². The van der Waals surface area contributed by atoms with Gasteiger partial charge in [0, 0.05) is 55.0 Å². The molecule has 2 heterocycles. The van der Waals surface area contributed by atoms with Gasteiger partial charge in [0.1, 0.15) is 11.4 Å². The number of piperazine rings is 1. The van der Waals surface area contributed by atoms with E-state index >= 15 is 4.39 Å². The number of anilines is 1. The summed E-state index contributed by atoms with van der Waals surface area (Å²) >= 11 is 6.03. The quantitative estimate of drug-likeness (QED) is 0.441. The number of benzene rings is 3. The maximum Gasteiger partial charge on any atom is 0.257 e. The van der Waals surface area contributed by atoms with Gasteiger partial charge in [-0.2, -0.15) is 0 Å². The van der Waals surface area contributed by atoms with Gasteiger partial charge in [-0.25, -0.2) is 4.39 Å². The molecule has 1 aromatic heterocycles. The van der Waals surface area contributed by atoms with Crippen LogP contribution in [0.15, 0.2) is 77.7 Å². The Labute approximate surface area is 206 Å². The standard InChI is InChI=1S/C27H24ClFN4O2/c28-19-6-4-5-18(13-19)16-31-27(35)22-17-33(20-7-2-1-3-8-20)24-15-25(32-11-9-30-10-12-32)23(29)14-21(24)26(22)34/h1-8,13-15,17,30H,9-12,16H2,(H,31,35). The number of nitrogens with zero attached hydrogens (tertiary/aromatic N) is 2. The molecule has 2 N–H and O–H groups in total. The number of carbonyl (C=O) groups is 1. The second-order valence-electron chi connectivity index (χ2n) is 8.45. The van der Waals surface area contributed by atoms with Crippen LogP contribution in [0.5, 0.6) is 0 Å². The predicted octanol–water partition coefficient (Wildman–Crippen LogP) is 4.12. The lowest BCUT2D eigenvalue weighted by atomic mass is 10.1. The summed E-state index contributed by atoms with van der Waals surface area (Å²) in [6.07, 6.45) is 1.53. The first-order chi connectivity index (χ1) is 17.0. The fourth-order valence-corrected chi connectivity index (χ4v) is 4.58. The molecule has 0 unspecified atom stereocenters. The summed E-state index contributed by atoms with van der Waals surface area (Å²) in [7, 11) is 0. The molecule has 6 nitrogen and oxygen atoms in total. The Bertz CT molecular complexity index is 1450. The van der Waals surface area contributed by atoms with E-state index in [2.05, 4.69) is 10.6 Å². The third kappa shape index (κ3) is 4.78. The molecule has 4 aromatic rings. The highest BCUT2D eigenvalue weighted by Crippen LogP contribution is 2.27. The number of pyridine rings is 1. The van der Waals surface area contributed by atoms with Gasteiger partial charge in [-0.05, 0) is 42.0 Å². The molecule has 5 rings (SSSR count). The fraction of sp³-hybridized carbons (Fsp3) is 0.185. The first-order valence-electron chi connectivity index (χ1n) is 11.4. The van der Waals surface area contributed by atoms with Gasteiger partial charge in [0.15, 0.2) is 0 Å². The largest absolute Gasteiger partial charge is 0.367 e. The first-order valence-corrected chi connectivity index (χ1v) is 11.8. The van der Waals surface area contributed by atoms with Crippen LogP contribution < -0.4 is 21.0 Å². The normalized spacial score (nSPS) is 13.7. The molecule has 1 amide bonds. The Morgan fingerprint density at radius 3 is 2.54 bits per heavy atom. The van der Waals surface area contributed by atoms with E-state index in [0.29, 0.717) is 29.3 Å². The molecular weight excluding hydrogens is 467 g/mol. The number of aromatic nitrogens is 1. The van der Waals surface area contributed by atoms with Crippen molar-refractivity contribution in [1.29, 1.82) is 0 Å². The topological polar surface area (TPSA) is 66.4 Å². The highest BCUT2D eigenvalue weighted by Gasteiger charge is 2.21. The minimum absolute atomic E-state index is 0.0577. The number of halogens is 2. The monoisotopic (exact) mass is 490 g/mol. The average Bonchev–Trinajstić information content (AvgIpc) is 2.88. The van der Waals surface area contributed by atoms with Crippen LogP contribution in [-0.4, -0.2) is 36.7 Å². The molecule has 0 bridgehead atoms. The molecule has 0 aliphatic carbocycles. The minimum Gasteiger partial charge on any atom is -0.367 e. The molecule has 1 fully saturated rings. The van der Waals surface area contributed by atoms with E-state index in [-0.39, 0.29) is 17.5 Å². The predicted molar refractivity (Wildman–Crippen MR) is 137 cm³/mol. The van der Waals surface area contributed by atoms with Crippen LogP contribution in [0.4, 0.5) is 10.1 Å². The molecule has 0 atom stereocenters. The number of hydrogen-bond donors (Lipinski definition) is 2. The number of hydrogen-bond acceptors (Lipinski definition) is 4. The van der Waals surface area contributed by atoms with Crippen molar-refractivity contribution in [3.05, 3.63) is 105 Å². The van der Waals surface area contributed by atoms with Gasteiger partial charge in [0.25, 0.3) is 5.91 Å². The molecule has 178 valence electrons. The Morgan fingerprint density at radius 1 is 1.03 bits per heavy atom. The van der Waals surface area contributed by atoms with Crippen molar-refractivity contribution in [2.24, 2.45) is 0 Å². The van der Waals surface area contributed by atoms with Gasteiger partial charge in [-0.1, -0.05) is 41.9 Å². The highest BCUT2D eigenvalue weighted by atomic mass is 35.5. The van der Waals surface area contributed by atoms with Crippen molar-refractivity contribution in [2.45, 2.75) is 6.54 Å². The molecule has 0 spiro atoms. The van der Waals surface area contributed by atoms with Crippen molar-refractivity contribution in [3.63, 3.8) is 0 Å². The minimum atomic E-state index is -0.534. The van der Waals surface area contributed by atoms with Gasteiger partial charge in [-0.15, -0.1) is 0 Å². The molecular formula is C27H24ClFN4O2. The lowest BCUT2D eigenvalue weighted by Gasteiger charge is -2.30. The number of para-hydroxylation sites is 1. The first kappa shape index (κ1) is 23.1. The Hall–Kier alpha value is -3.68. The van der Waals surface area contributed by atoms with E-state index in [1.54, 1.807) is 28.8 Å². The SMILES string of the molecule is O=C(NCc1cccc(Cl)c1)c1cn(-c2ccccc2)c2cc(N3CCNCC3)c(F)cc2c1=O. The number of carbonyl (C=O) groups excluding carboxylic acids is 1. The molecule has 0 saturated carbocycles. The van der Waals surface area contributed by atoms with E-state index in [1.807, 2.05) is 41.3 Å². The van der Waals surface area contributed by atoms with Gasteiger partial charge in [0.2, 0.25) is 5.43 Å². The van der Waals surface area contributed by atoms with Crippen molar-refractivity contribution in [2.75, 3.05) is 31.1 Å². The van der Waals surface area contributed by atoms with E-state index < -0.39 is 17.2 Å². The average molecular weight is 491 g/mol. The molecule has 1 saturated heterocycles. The van der Waals surface area contributed by atoms with Crippen LogP contribution >= 0.6 is 11.6 Å². The van der Waals surface area contributed by atoms with Gasteiger partial charge in [-0.3, -0.25) is 9.59 Å². The summed E-state index contributed by atoms with van der Waals surface area (Å²) in [6.45, 7) is 3.06. The summed E-state index contributed by atoms with van der Waals surface area (Å²) in [5, 5.41) is 6.76. The van der Waals surface area contributed by atoms with Gasteiger partial charge >= 0.3 is 0 Å². The maximum absolute atomic E-state index is 15.2. The molecule has 1 aliphatic heterocycles. The van der Waals surface area contributed by atoms with Crippen LogP contribution in [0.3, 0.4) is 0 Å². The third-order valence-electron chi connectivity index (χ3n) is 6.15. The fourth-order valence-electron chi connectivity index (χ4n) is 4.37. The summed E-state index contributed by atoms with van der Waals surface area (Å²) in [5.41, 5.74) is 1.99. The molecule has 35 heavy (non-hydrogen) atoms. The van der Waals surface area contributed by atoms with Crippen LogP contribution in [-0.2, 0) is 6.54 Å². The van der Waals surface area contributed by atoms with Crippen molar-refractivity contribution in [3.8, 4) is 5.69 Å². The number of nitrogens with one attached hydrogen (secondary N) is 2. The molecule has 8 heteroatoms.